The molecule has 2 rings (SSSR count). The zero-order chi connectivity index (χ0) is 11.1. The summed E-state index contributed by atoms with van der Waals surface area (Å²) >= 11 is 5.65. The van der Waals surface area contributed by atoms with E-state index in [0.717, 1.165) is 25.1 Å². The first kappa shape index (κ1) is 10.8. The van der Waals surface area contributed by atoms with Crippen LogP contribution in [0.15, 0.2) is 18.2 Å². The molecule has 1 aliphatic rings. The zero-order valence-corrected chi connectivity index (χ0v) is 8.49. The molecule has 1 aliphatic heterocycles. The van der Waals surface area contributed by atoms with Crippen LogP contribution < -0.4 is 5.32 Å². The second-order valence-electron chi connectivity index (χ2n) is 3.57. The molecule has 1 fully saturated rings. The van der Waals surface area contributed by atoms with Crippen molar-refractivity contribution in [2.45, 2.75) is 18.6 Å². The highest BCUT2D eigenvalue weighted by molar-refractivity contribution is 6.30. The van der Waals surface area contributed by atoms with Crippen molar-refractivity contribution in [1.29, 1.82) is 0 Å². The standard InChI is InChI=1S/C10H9ClF3N/c11-8-4-6(9-1-2-15-9)3-7(5-8)10(12,13)14/h3-5,9,15H,1-2H2. The summed E-state index contributed by atoms with van der Waals surface area (Å²) in [6, 6.07) is 3.70. The summed E-state index contributed by atoms with van der Waals surface area (Å²) in [5.74, 6) is 0. The number of benzene rings is 1. The van der Waals surface area contributed by atoms with Crippen LogP contribution in [0.1, 0.15) is 23.6 Å². The van der Waals surface area contributed by atoms with Crippen molar-refractivity contribution in [3.05, 3.63) is 34.3 Å². The second kappa shape index (κ2) is 3.68. The first-order chi connectivity index (χ1) is 6.97. The van der Waals surface area contributed by atoms with Crippen LogP contribution in [0.25, 0.3) is 0 Å². The van der Waals surface area contributed by atoms with E-state index in [1.165, 1.54) is 0 Å². The molecule has 1 atom stereocenters. The van der Waals surface area contributed by atoms with Gasteiger partial charge in [-0.25, -0.2) is 0 Å². The van der Waals surface area contributed by atoms with Gasteiger partial charge < -0.3 is 5.32 Å². The number of rotatable bonds is 1. The van der Waals surface area contributed by atoms with E-state index >= 15 is 0 Å². The molecule has 0 radical (unpaired) electrons. The fourth-order valence-electron chi connectivity index (χ4n) is 1.55. The highest BCUT2D eigenvalue weighted by atomic mass is 35.5. The maximum Gasteiger partial charge on any atom is 0.416 e. The number of alkyl halides is 3. The van der Waals surface area contributed by atoms with Crippen LogP contribution in [0.4, 0.5) is 13.2 Å². The van der Waals surface area contributed by atoms with E-state index in [1.54, 1.807) is 6.07 Å². The molecule has 15 heavy (non-hydrogen) atoms. The van der Waals surface area contributed by atoms with Crippen molar-refractivity contribution in [1.82, 2.24) is 5.32 Å². The molecule has 0 aliphatic carbocycles. The molecular weight excluding hydrogens is 227 g/mol. The molecule has 1 N–H and O–H groups in total. The van der Waals surface area contributed by atoms with Crippen molar-refractivity contribution >= 4 is 11.6 Å². The van der Waals surface area contributed by atoms with Crippen molar-refractivity contribution in [2.24, 2.45) is 0 Å². The average Bonchev–Trinajstić information content (AvgIpc) is 1.97. The van der Waals surface area contributed by atoms with Crippen LogP contribution in [0.5, 0.6) is 0 Å². The fourth-order valence-corrected chi connectivity index (χ4v) is 1.79. The lowest BCUT2D eigenvalue weighted by molar-refractivity contribution is -0.137. The van der Waals surface area contributed by atoms with Crippen LogP contribution in [-0.2, 0) is 6.18 Å². The minimum Gasteiger partial charge on any atom is -0.310 e. The summed E-state index contributed by atoms with van der Waals surface area (Å²) in [5, 5.41) is 3.17. The minimum absolute atomic E-state index is 0.0183. The van der Waals surface area contributed by atoms with Gasteiger partial charge in [0.25, 0.3) is 0 Å². The molecule has 0 spiro atoms. The number of hydrogen-bond donors (Lipinski definition) is 1. The number of halogens is 4. The zero-order valence-electron chi connectivity index (χ0n) is 7.74. The van der Waals surface area contributed by atoms with Gasteiger partial charge in [-0.3, -0.25) is 0 Å². The summed E-state index contributed by atoms with van der Waals surface area (Å²) in [7, 11) is 0. The molecule has 0 amide bonds. The molecule has 82 valence electrons. The van der Waals surface area contributed by atoms with Gasteiger partial charge in [-0.1, -0.05) is 11.6 Å². The van der Waals surface area contributed by atoms with Crippen molar-refractivity contribution in [3.63, 3.8) is 0 Å². The predicted molar refractivity (Wildman–Crippen MR) is 51.8 cm³/mol. The summed E-state index contributed by atoms with van der Waals surface area (Å²) in [4.78, 5) is 0. The topological polar surface area (TPSA) is 12.0 Å². The Bertz CT molecular complexity index is 371. The van der Waals surface area contributed by atoms with Crippen LogP contribution in [0.2, 0.25) is 5.02 Å². The Kier molecular flexibility index (Phi) is 2.64. The normalized spacial score (nSPS) is 21.2. The Morgan fingerprint density at radius 2 is 1.93 bits per heavy atom. The highest BCUT2D eigenvalue weighted by Crippen LogP contribution is 2.34. The van der Waals surface area contributed by atoms with E-state index in [2.05, 4.69) is 5.32 Å². The predicted octanol–water partition coefficient (Wildman–Crippen LogP) is 3.39. The van der Waals surface area contributed by atoms with Crippen molar-refractivity contribution in [3.8, 4) is 0 Å². The third kappa shape index (κ3) is 2.26. The Balaban J connectivity index is 2.36. The van der Waals surface area contributed by atoms with Crippen LogP contribution >= 0.6 is 11.6 Å². The maximum atomic E-state index is 12.5. The first-order valence-electron chi connectivity index (χ1n) is 4.58. The lowest BCUT2D eigenvalue weighted by Gasteiger charge is -2.28. The van der Waals surface area contributed by atoms with Crippen LogP contribution in [0, 0.1) is 0 Å². The fraction of sp³-hybridized carbons (Fsp3) is 0.400. The first-order valence-corrected chi connectivity index (χ1v) is 4.96. The molecule has 5 heteroatoms. The number of nitrogens with one attached hydrogen (secondary N) is 1. The third-order valence-corrected chi connectivity index (χ3v) is 2.69. The molecule has 1 unspecified atom stereocenters. The molecule has 0 bridgehead atoms. The molecule has 1 nitrogen and oxygen atoms in total. The number of hydrogen-bond acceptors (Lipinski definition) is 1. The van der Waals surface area contributed by atoms with Crippen LogP contribution in [-0.4, -0.2) is 6.54 Å². The van der Waals surface area contributed by atoms with Gasteiger partial charge in [0.15, 0.2) is 0 Å². The molecule has 1 aromatic rings. The van der Waals surface area contributed by atoms with E-state index in [0.29, 0.717) is 5.56 Å². The van der Waals surface area contributed by atoms with E-state index < -0.39 is 11.7 Å². The summed E-state index contributed by atoms with van der Waals surface area (Å²) in [6.07, 6.45) is -3.47. The van der Waals surface area contributed by atoms with Gasteiger partial charge in [-0.05, 0) is 36.7 Å². The largest absolute Gasteiger partial charge is 0.416 e. The van der Waals surface area contributed by atoms with Gasteiger partial charge in [0.05, 0.1) is 5.56 Å². The van der Waals surface area contributed by atoms with Gasteiger partial charge in [0, 0.05) is 11.1 Å². The van der Waals surface area contributed by atoms with Crippen molar-refractivity contribution in [2.75, 3.05) is 6.54 Å². The third-order valence-electron chi connectivity index (χ3n) is 2.47. The lowest BCUT2D eigenvalue weighted by atomic mass is 9.96. The summed E-state index contributed by atoms with van der Waals surface area (Å²) in [6.45, 7) is 0.846. The average molecular weight is 236 g/mol. The van der Waals surface area contributed by atoms with E-state index in [1.807, 2.05) is 0 Å². The minimum atomic E-state index is -4.33. The van der Waals surface area contributed by atoms with Gasteiger partial charge >= 0.3 is 6.18 Å². The summed E-state index contributed by atoms with van der Waals surface area (Å²) in [5.41, 5.74) is -0.0697. The molecule has 1 aromatic carbocycles. The maximum absolute atomic E-state index is 12.5. The Labute approximate surface area is 90.2 Å². The van der Waals surface area contributed by atoms with E-state index in [4.69, 9.17) is 11.6 Å². The smallest absolute Gasteiger partial charge is 0.310 e. The Morgan fingerprint density at radius 1 is 1.27 bits per heavy atom. The van der Waals surface area contributed by atoms with Crippen molar-refractivity contribution < 1.29 is 13.2 Å². The van der Waals surface area contributed by atoms with Gasteiger partial charge in [0.2, 0.25) is 0 Å². The van der Waals surface area contributed by atoms with Crippen LogP contribution in [0.3, 0.4) is 0 Å². The van der Waals surface area contributed by atoms with Gasteiger partial charge in [-0.15, -0.1) is 0 Å². The molecule has 0 aromatic heterocycles. The molecular formula is C10H9ClF3N. The summed E-state index contributed by atoms with van der Waals surface area (Å²) < 4.78 is 37.4. The Morgan fingerprint density at radius 3 is 2.40 bits per heavy atom. The molecule has 1 heterocycles. The second-order valence-corrected chi connectivity index (χ2v) is 4.00. The van der Waals surface area contributed by atoms with Gasteiger partial charge in [0.1, 0.15) is 0 Å². The highest BCUT2D eigenvalue weighted by Gasteiger charge is 2.32. The molecule has 1 saturated heterocycles. The SMILES string of the molecule is FC(F)(F)c1cc(Cl)cc(C2CCN2)c1. The monoisotopic (exact) mass is 235 g/mol. The van der Waals surface area contributed by atoms with E-state index in [-0.39, 0.29) is 11.1 Å². The lowest BCUT2D eigenvalue weighted by Crippen LogP contribution is -2.35. The van der Waals surface area contributed by atoms with E-state index in [9.17, 15) is 13.2 Å². The quantitative estimate of drug-likeness (QED) is 0.787. The van der Waals surface area contributed by atoms with Gasteiger partial charge in [-0.2, -0.15) is 13.2 Å². The Hall–Kier alpha value is -0.740. The molecule has 0 saturated carbocycles.